The van der Waals surface area contributed by atoms with Crippen molar-refractivity contribution in [2.24, 2.45) is 4.40 Å². The van der Waals surface area contributed by atoms with Gasteiger partial charge in [0.1, 0.15) is 0 Å². The number of Topliss-reactive ketones (excluding diaryl/α,β-unsaturated/α-hetero) is 1. The van der Waals surface area contributed by atoms with Crippen molar-refractivity contribution in [1.29, 1.82) is 0 Å². The van der Waals surface area contributed by atoms with E-state index >= 15 is 0 Å². The van der Waals surface area contributed by atoms with E-state index in [0.29, 0.717) is 0 Å². The number of aromatic nitrogens is 1. The van der Waals surface area contributed by atoms with Crippen LogP contribution in [0.3, 0.4) is 0 Å². The SMILES string of the molecule is O=C1C(=NS(=O)(=O)c2ccc([N+](=O)[O-])cc2)C([n+]2ccccc2)=C([O-])c2ccccc21. The summed E-state index contributed by atoms with van der Waals surface area (Å²) in [6.07, 6.45) is 3.00. The largest absolute Gasteiger partial charge is 0.867 e. The molecule has 2 aromatic carbocycles. The van der Waals surface area contributed by atoms with E-state index in [0.717, 1.165) is 24.3 Å². The maximum Gasteiger partial charge on any atom is 0.283 e. The molecule has 9 nitrogen and oxygen atoms in total. The van der Waals surface area contributed by atoms with E-state index in [4.69, 9.17) is 0 Å². The van der Waals surface area contributed by atoms with Gasteiger partial charge in [0.15, 0.2) is 18.1 Å². The minimum Gasteiger partial charge on any atom is -0.867 e. The molecule has 1 heterocycles. The fourth-order valence-corrected chi connectivity index (χ4v) is 4.13. The van der Waals surface area contributed by atoms with E-state index in [1.807, 2.05) is 0 Å². The highest BCUT2D eigenvalue weighted by atomic mass is 32.2. The molecule has 0 unspecified atom stereocenters. The van der Waals surface area contributed by atoms with Crippen LogP contribution in [0, 0.1) is 10.1 Å². The van der Waals surface area contributed by atoms with E-state index in [2.05, 4.69) is 4.40 Å². The lowest BCUT2D eigenvalue weighted by molar-refractivity contribution is -0.577. The number of carbonyl (C=O) groups excluding carboxylic acids is 1. The van der Waals surface area contributed by atoms with Gasteiger partial charge in [0.25, 0.3) is 15.7 Å². The van der Waals surface area contributed by atoms with Crippen LogP contribution < -0.4 is 9.67 Å². The zero-order valence-corrected chi connectivity index (χ0v) is 16.5. The molecule has 1 aromatic heterocycles. The van der Waals surface area contributed by atoms with Gasteiger partial charge in [0, 0.05) is 29.8 Å². The van der Waals surface area contributed by atoms with Gasteiger partial charge in [-0.05, 0) is 23.5 Å². The first-order chi connectivity index (χ1) is 14.8. The van der Waals surface area contributed by atoms with Crippen molar-refractivity contribution in [2.45, 2.75) is 4.90 Å². The fraction of sp³-hybridized carbons (Fsp3) is 0. The smallest absolute Gasteiger partial charge is 0.283 e. The number of ketones is 1. The van der Waals surface area contributed by atoms with Gasteiger partial charge in [0.05, 0.1) is 9.82 Å². The van der Waals surface area contributed by atoms with Crippen molar-refractivity contribution in [3.05, 3.63) is 100 Å². The molecule has 0 saturated carbocycles. The Hall–Kier alpha value is -4.18. The number of hydrogen-bond donors (Lipinski definition) is 0. The third-order valence-electron chi connectivity index (χ3n) is 4.60. The first-order valence-electron chi connectivity index (χ1n) is 8.91. The Bertz CT molecular complexity index is 1380. The van der Waals surface area contributed by atoms with Gasteiger partial charge >= 0.3 is 0 Å². The Morgan fingerprint density at radius 1 is 0.871 bits per heavy atom. The molecule has 10 heteroatoms. The third kappa shape index (κ3) is 3.60. The first kappa shape index (κ1) is 20.1. The summed E-state index contributed by atoms with van der Waals surface area (Å²) in [6, 6.07) is 15.1. The maximum absolute atomic E-state index is 13.2. The normalized spacial score (nSPS) is 15.1. The fourth-order valence-electron chi connectivity index (χ4n) is 3.13. The predicted octanol–water partition coefficient (Wildman–Crippen LogP) is 1.59. The summed E-state index contributed by atoms with van der Waals surface area (Å²) in [5.41, 5.74) is -0.833. The van der Waals surface area contributed by atoms with Gasteiger partial charge < -0.3 is 5.11 Å². The van der Waals surface area contributed by atoms with Crippen LogP contribution in [0.1, 0.15) is 15.9 Å². The quantitative estimate of drug-likeness (QED) is 0.347. The van der Waals surface area contributed by atoms with E-state index < -0.39 is 32.2 Å². The molecule has 0 atom stereocenters. The zero-order chi connectivity index (χ0) is 22.2. The van der Waals surface area contributed by atoms with Crippen molar-refractivity contribution >= 4 is 38.7 Å². The van der Waals surface area contributed by atoms with E-state index in [9.17, 15) is 28.4 Å². The van der Waals surface area contributed by atoms with Gasteiger partial charge in [0.2, 0.25) is 11.5 Å². The lowest BCUT2D eigenvalue weighted by atomic mass is 9.91. The molecular weight excluding hydrogens is 422 g/mol. The molecule has 0 radical (unpaired) electrons. The highest BCUT2D eigenvalue weighted by Crippen LogP contribution is 2.28. The number of rotatable bonds is 4. The molecule has 0 bridgehead atoms. The summed E-state index contributed by atoms with van der Waals surface area (Å²) in [6.45, 7) is 0. The second-order valence-corrected chi connectivity index (χ2v) is 8.11. The monoisotopic (exact) mass is 435 g/mol. The van der Waals surface area contributed by atoms with Crippen LogP contribution in [0.4, 0.5) is 5.69 Å². The number of nitro benzene ring substituents is 1. The Labute approximate surface area is 176 Å². The third-order valence-corrected chi connectivity index (χ3v) is 5.89. The average molecular weight is 435 g/mol. The summed E-state index contributed by atoms with van der Waals surface area (Å²) < 4.78 is 30.8. The predicted molar refractivity (Wildman–Crippen MR) is 108 cm³/mol. The molecule has 1 aliphatic carbocycles. The number of hydrogen-bond acceptors (Lipinski definition) is 6. The summed E-state index contributed by atoms with van der Waals surface area (Å²) in [5.74, 6) is -1.27. The Balaban J connectivity index is 1.93. The zero-order valence-electron chi connectivity index (χ0n) is 15.7. The Kier molecular flexibility index (Phi) is 4.91. The van der Waals surface area contributed by atoms with Crippen LogP contribution in [-0.2, 0) is 10.0 Å². The topological polar surface area (TPSA) is 134 Å². The van der Waals surface area contributed by atoms with Crippen LogP contribution in [0.15, 0.2) is 88.4 Å². The van der Waals surface area contributed by atoms with Gasteiger partial charge in [-0.2, -0.15) is 13.0 Å². The summed E-state index contributed by atoms with van der Waals surface area (Å²) in [5, 5.41) is 24.0. The number of benzene rings is 2. The number of allylic oxidation sites excluding steroid dienone is 1. The number of fused-ring (bicyclic) bond motifs is 1. The Morgan fingerprint density at radius 2 is 1.48 bits per heavy atom. The molecule has 3 aromatic rings. The number of nitrogens with zero attached hydrogens (tertiary/aromatic N) is 3. The number of carbonyl (C=O) groups is 1. The van der Waals surface area contributed by atoms with Gasteiger partial charge in [-0.3, -0.25) is 14.9 Å². The first-order valence-corrected chi connectivity index (χ1v) is 10.4. The number of non-ortho nitro benzene ring substituents is 1. The molecule has 31 heavy (non-hydrogen) atoms. The van der Waals surface area contributed by atoms with Crippen molar-refractivity contribution in [1.82, 2.24) is 0 Å². The van der Waals surface area contributed by atoms with Crippen LogP contribution >= 0.6 is 0 Å². The van der Waals surface area contributed by atoms with Crippen molar-refractivity contribution in [2.75, 3.05) is 0 Å². The number of nitro groups is 1. The lowest BCUT2D eigenvalue weighted by Gasteiger charge is -2.23. The lowest BCUT2D eigenvalue weighted by Crippen LogP contribution is -2.43. The average Bonchev–Trinajstić information content (AvgIpc) is 2.78. The molecule has 0 amide bonds. The molecule has 154 valence electrons. The molecule has 0 aliphatic heterocycles. The molecule has 0 saturated heterocycles. The molecule has 1 aliphatic rings. The minimum absolute atomic E-state index is 0.0467. The van der Waals surface area contributed by atoms with Crippen LogP contribution in [0.2, 0.25) is 0 Å². The van der Waals surface area contributed by atoms with E-state index in [1.54, 1.807) is 30.3 Å². The second-order valence-electron chi connectivity index (χ2n) is 6.50. The van der Waals surface area contributed by atoms with E-state index in [-0.39, 0.29) is 27.4 Å². The van der Waals surface area contributed by atoms with Gasteiger partial charge in [-0.1, -0.05) is 30.3 Å². The standard InChI is InChI=1S/C21H13N3O6S/c25-20-16-6-2-3-7-17(16)21(26)19(23-12-4-1-5-13-23)18(20)22-31(29,30)15-10-8-14(9-11-15)24(27)28/h1-13H. The molecule has 0 fully saturated rings. The van der Waals surface area contributed by atoms with Crippen molar-refractivity contribution in [3.63, 3.8) is 0 Å². The molecule has 0 N–H and O–H groups in total. The number of sulfonamides is 1. The summed E-state index contributed by atoms with van der Waals surface area (Å²) in [4.78, 5) is 22.9. The molecular formula is C21H13N3O6S. The van der Waals surface area contributed by atoms with Crippen LogP contribution in [-0.4, -0.2) is 24.8 Å². The molecule has 4 rings (SSSR count). The minimum atomic E-state index is -4.44. The number of pyridine rings is 1. The van der Waals surface area contributed by atoms with Gasteiger partial charge in [-0.25, -0.2) is 0 Å². The highest BCUT2D eigenvalue weighted by molar-refractivity contribution is 7.90. The van der Waals surface area contributed by atoms with Crippen molar-refractivity contribution in [3.8, 4) is 0 Å². The van der Waals surface area contributed by atoms with Crippen molar-refractivity contribution < 1.29 is 27.8 Å². The highest BCUT2D eigenvalue weighted by Gasteiger charge is 2.35. The van der Waals surface area contributed by atoms with Gasteiger partial charge in [-0.15, -0.1) is 4.40 Å². The second kappa shape index (κ2) is 7.58. The van der Waals surface area contributed by atoms with Crippen LogP contribution in [0.25, 0.3) is 11.5 Å². The maximum atomic E-state index is 13.2. The van der Waals surface area contributed by atoms with E-state index in [1.165, 1.54) is 29.1 Å². The summed E-state index contributed by atoms with van der Waals surface area (Å²) >= 11 is 0. The molecule has 0 spiro atoms. The van der Waals surface area contributed by atoms with Crippen LogP contribution in [0.5, 0.6) is 0 Å². The summed E-state index contributed by atoms with van der Waals surface area (Å²) in [7, 11) is -4.44. The Morgan fingerprint density at radius 3 is 2.10 bits per heavy atom.